The maximum atomic E-state index is 13.9. The van der Waals surface area contributed by atoms with Crippen LogP contribution in [0.1, 0.15) is 39.0 Å². The lowest BCUT2D eigenvalue weighted by Crippen LogP contribution is -2.09. The van der Waals surface area contributed by atoms with Crippen LogP contribution in [-0.2, 0) is 23.9 Å². The fraction of sp³-hybridized carbons (Fsp3) is 0.121. The largest absolute Gasteiger partial charge is 0.481 e. The molecule has 0 radical (unpaired) electrons. The minimum Gasteiger partial charge on any atom is -0.481 e. The number of anilines is 1. The van der Waals surface area contributed by atoms with Gasteiger partial charge < -0.3 is 10.4 Å². The zero-order valence-electron chi connectivity index (χ0n) is 21.8. The summed E-state index contributed by atoms with van der Waals surface area (Å²) < 4.78 is 41.6. The first-order chi connectivity index (χ1) is 19.7. The Morgan fingerprint density at radius 1 is 0.829 bits per heavy atom. The number of nitrogens with one attached hydrogen (secondary N) is 1. The number of carboxylic acid groups (broad SMARTS) is 1. The minimum atomic E-state index is -4.61. The number of ketones is 1. The number of carboxylic acids is 1. The summed E-state index contributed by atoms with van der Waals surface area (Å²) >= 11 is 0. The van der Waals surface area contributed by atoms with Gasteiger partial charge in [-0.3, -0.25) is 14.6 Å². The number of hydrogen-bond donors (Lipinski definition) is 2. The molecule has 206 valence electrons. The van der Waals surface area contributed by atoms with Crippen LogP contribution < -0.4 is 5.32 Å². The molecule has 1 heterocycles. The molecule has 8 heteroatoms. The summed E-state index contributed by atoms with van der Waals surface area (Å²) in [6.45, 7) is 0.418. The number of fused-ring (bicyclic) bond motifs is 1. The van der Waals surface area contributed by atoms with Crippen LogP contribution >= 0.6 is 0 Å². The molecule has 1 aromatic heterocycles. The molecule has 0 atom stereocenters. The van der Waals surface area contributed by atoms with Gasteiger partial charge in [0.1, 0.15) is 0 Å². The fourth-order valence-corrected chi connectivity index (χ4v) is 4.76. The van der Waals surface area contributed by atoms with Crippen molar-refractivity contribution >= 4 is 28.3 Å². The van der Waals surface area contributed by atoms with Crippen molar-refractivity contribution in [3.8, 4) is 11.1 Å². The first-order valence-corrected chi connectivity index (χ1v) is 12.9. The van der Waals surface area contributed by atoms with Gasteiger partial charge in [0.2, 0.25) is 0 Å². The summed E-state index contributed by atoms with van der Waals surface area (Å²) in [6.07, 6.45) is -2.87. The van der Waals surface area contributed by atoms with E-state index in [-0.39, 0.29) is 28.7 Å². The zero-order chi connectivity index (χ0) is 29.0. The van der Waals surface area contributed by atoms with Crippen LogP contribution in [-0.4, -0.2) is 21.8 Å². The average molecular weight is 555 g/mol. The number of benzene rings is 4. The van der Waals surface area contributed by atoms with Gasteiger partial charge in [-0.15, -0.1) is 0 Å². The summed E-state index contributed by atoms with van der Waals surface area (Å²) in [4.78, 5) is 28.5. The summed E-state index contributed by atoms with van der Waals surface area (Å²) in [5.74, 6) is -1.18. The van der Waals surface area contributed by atoms with Gasteiger partial charge in [0, 0.05) is 46.9 Å². The molecule has 0 saturated carbocycles. The highest BCUT2D eigenvalue weighted by atomic mass is 19.4. The number of pyridine rings is 1. The van der Waals surface area contributed by atoms with Crippen molar-refractivity contribution in [1.82, 2.24) is 4.98 Å². The quantitative estimate of drug-likeness (QED) is 0.182. The number of aliphatic carboxylic acids is 1. The van der Waals surface area contributed by atoms with Crippen molar-refractivity contribution in [2.24, 2.45) is 0 Å². The van der Waals surface area contributed by atoms with E-state index in [0.29, 0.717) is 29.7 Å². The molecule has 5 nitrogen and oxygen atoms in total. The number of para-hydroxylation sites is 1. The van der Waals surface area contributed by atoms with Crippen LogP contribution in [0.5, 0.6) is 0 Å². The Labute approximate surface area is 234 Å². The van der Waals surface area contributed by atoms with Gasteiger partial charge >= 0.3 is 12.1 Å². The molecule has 41 heavy (non-hydrogen) atoms. The van der Waals surface area contributed by atoms with Crippen LogP contribution in [0.15, 0.2) is 103 Å². The van der Waals surface area contributed by atoms with E-state index in [1.165, 1.54) is 12.3 Å². The number of nitrogens with zero attached hydrogens (tertiary/aromatic N) is 1. The number of carbonyl (C=O) groups is 2. The van der Waals surface area contributed by atoms with Gasteiger partial charge in [-0.05, 0) is 47.4 Å². The Bertz CT molecular complexity index is 1720. The normalized spacial score (nSPS) is 11.4. The lowest BCUT2D eigenvalue weighted by molar-refractivity contribution is -0.137. The van der Waals surface area contributed by atoms with Gasteiger partial charge in [0.05, 0.1) is 11.1 Å². The molecule has 2 N–H and O–H groups in total. The molecule has 4 aromatic carbocycles. The molecule has 0 spiro atoms. The maximum Gasteiger partial charge on any atom is 0.418 e. The Hall–Kier alpha value is -4.98. The molecule has 0 aliphatic carbocycles. The Morgan fingerprint density at radius 2 is 1.56 bits per heavy atom. The van der Waals surface area contributed by atoms with Gasteiger partial charge in [-0.25, -0.2) is 0 Å². The number of alkyl halides is 3. The second-order valence-electron chi connectivity index (χ2n) is 9.59. The zero-order valence-corrected chi connectivity index (χ0v) is 21.8. The minimum absolute atomic E-state index is 0.0580. The third kappa shape index (κ3) is 6.27. The monoisotopic (exact) mass is 554 g/mol. The lowest BCUT2D eigenvalue weighted by Gasteiger charge is -2.16. The number of halogens is 3. The third-order valence-electron chi connectivity index (χ3n) is 6.78. The van der Waals surface area contributed by atoms with Crippen LogP contribution in [0.25, 0.3) is 22.0 Å². The van der Waals surface area contributed by atoms with Crippen molar-refractivity contribution in [2.75, 3.05) is 5.32 Å². The molecular weight excluding hydrogens is 529 g/mol. The van der Waals surface area contributed by atoms with Gasteiger partial charge in [0.15, 0.2) is 5.78 Å². The van der Waals surface area contributed by atoms with Crippen molar-refractivity contribution in [1.29, 1.82) is 0 Å². The van der Waals surface area contributed by atoms with Crippen molar-refractivity contribution < 1.29 is 27.9 Å². The highest BCUT2D eigenvalue weighted by Gasteiger charge is 2.34. The van der Waals surface area contributed by atoms with Crippen molar-refractivity contribution in [3.63, 3.8) is 0 Å². The molecule has 0 fully saturated rings. The first-order valence-electron chi connectivity index (χ1n) is 12.9. The summed E-state index contributed by atoms with van der Waals surface area (Å²) in [5.41, 5.74) is 3.13. The number of aromatic nitrogens is 1. The van der Waals surface area contributed by atoms with Crippen LogP contribution in [0.2, 0.25) is 0 Å². The van der Waals surface area contributed by atoms with Gasteiger partial charge in [-0.1, -0.05) is 72.8 Å². The van der Waals surface area contributed by atoms with Crippen LogP contribution in [0.3, 0.4) is 0 Å². The SMILES string of the molecule is O=C(O)CCc1ccc(NCc2cccc(-c3c(C(=O)c4ccccc4)cnc4c(C(F)(F)F)cccc34)c2)cc1. The molecule has 0 aliphatic rings. The predicted molar refractivity (Wildman–Crippen MR) is 152 cm³/mol. The molecule has 5 rings (SSSR count). The molecule has 0 unspecified atom stereocenters. The van der Waals surface area contributed by atoms with E-state index >= 15 is 0 Å². The molecule has 0 aliphatic heterocycles. The predicted octanol–water partition coefficient (Wildman–Crippen LogP) is 7.78. The maximum absolute atomic E-state index is 13.9. The van der Waals surface area contributed by atoms with E-state index < -0.39 is 17.7 Å². The van der Waals surface area contributed by atoms with Crippen LogP contribution in [0, 0.1) is 0 Å². The smallest absolute Gasteiger partial charge is 0.418 e. The molecule has 0 saturated heterocycles. The van der Waals surface area contributed by atoms with Crippen molar-refractivity contribution in [2.45, 2.75) is 25.6 Å². The number of carbonyl (C=O) groups excluding carboxylic acids is 1. The Kier molecular flexibility index (Phi) is 7.83. The number of rotatable bonds is 9. The van der Waals surface area contributed by atoms with E-state index in [9.17, 15) is 22.8 Å². The van der Waals surface area contributed by atoms with E-state index in [4.69, 9.17) is 5.11 Å². The summed E-state index contributed by atoms with van der Waals surface area (Å²) in [6, 6.07) is 27.2. The number of hydrogen-bond acceptors (Lipinski definition) is 4. The average Bonchev–Trinajstić information content (AvgIpc) is 2.98. The Morgan fingerprint density at radius 3 is 2.27 bits per heavy atom. The van der Waals surface area contributed by atoms with Gasteiger partial charge in [0.25, 0.3) is 0 Å². The fourth-order valence-electron chi connectivity index (χ4n) is 4.76. The Balaban J connectivity index is 1.52. The highest BCUT2D eigenvalue weighted by Crippen LogP contribution is 2.39. The van der Waals surface area contributed by atoms with Gasteiger partial charge in [-0.2, -0.15) is 13.2 Å². The number of aryl methyl sites for hydroxylation is 1. The van der Waals surface area contributed by atoms with E-state index in [2.05, 4.69) is 10.3 Å². The topological polar surface area (TPSA) is 79.3 Å². The lowest BCUT2D eigenvalue weighted by atomic mass is 9.90. The second-order valence-corrected chi connectivity index (χ2v) is 9.59. The molecule has 5 aromatic rings. The van der Waals surface area contributed by atoms with E-state index in [1.807, 2.05) is 36.4 Å². The summed E-state index contributed by atoms with van der Waals surface area (Å²) in [7, 11) is 0. The standard InChI is InChI=1S/C33H25F3N2O3/c34-33(35,36)28-11-5-10-26-30(27(20-38-31(26)28)32(41)23-7-2-1-3-8-23)24-9-4-6-22(18-24)19-37-25-15-12-21(13-16-25)14-17-29(39)40/h1-13,15-16,18,20,37H,14,17,19H2,(H,39,40). The molecule has 0 bridgehead atoms. The van der Waals surface area contributed by atoms with E-state index in [1.54, 1.807) is 48.5 Å². The summed E-state index contributed by atoms with van der Waals surface area (Å²) in [5, 5.41) is 12.4. The van der Waals surface area contributed by atoms with Crippen molar-refractivity contribution in [3.05, 3.63) is 131 Å². The second kappa shape index (κ2) is 11.6. The van der Waals surface area contributed by atoms with E-state index in [0.717, 1.165) is 22.9 Å². The molecule has 0 amide bonds. The first kappa shape index (κ1) is 27.6. The van der Waals surface area contributed by atoms with Crippen LogP contribution in [0.4, 0.5) is 18.9 Å². The molecular formula is C33H25F3N2O3. The third-order valence-corrected chi connectivity index (χ3v) is 6.78. The highest BCUT2D eigenvalue weighted by molar-refractivity contribution is 6.16.